The van der Waals surface area contributed by atoms with Crippen LogP contribution in [0.3, 0.4) is 0 Å². The Bertz CT molecular complexity index is 336. The standard InChI is InChI=1S/C10H16F3N3S/c1-7(2)5-3-4-6-14-9-16-15-8(17-9)10(11,12)13/h7H,3-6H2,1-2H3,(H,14,16). The van der Waals surface area contributed by atoms with E-state index in [0.29, 0.717) is 23.8 Å². The highest BCUT2D eigenvalue weighted by atomic mass is 32.1. The van der Waals surface area contributed by atoms with E-state index in [-0.39, 0.29) is 5.13 Å². The van der Waals surface area contributed by atoms with Gasteiger partial charge in [-0.05, 0) is 12.3 Å². The molecule has 0 atom stereocenters. The van der Waals surface area contributed by atoms with Crippen molar-refractivity contribution >= 4 is 16.5 Å². The molecule has 17 heavy (non-hydrogen) atoms. The fourth-order valence-electron chi connectivity index (χ4n) is 1.28. The number of unbranched alkanes of at least 4 members (excludes halogenated alkanes) is 1. The molecule has 0 fully saturated rings. The summed E-state index contributed by atoms with van der Waals surface area (Å²) in [5, 5.41) is 8.74. The summed E-state index contributed by atoms with van der Waals surface area (Å²) in [6.45, 7) is 4.93. The summed E-state index contributed by atoms with van der Waals surface area (Å²) in [4.78, 5) is 0. The molecule has 0 bridgehead atoms. The molecule has 0 aliphatic rings. The number of hydrogen-bond acceptors (Lipinski definition) is 4. The lowest BCUT2D eigenvalue weighted by molar-refractivity contribution is -0.138. The first-order valence-corrected chi connectivity index (χ1v) is 6.36. The van der Waals surface area contributed by atoms with Crippen LogP contribution in [0, 0.1) is 5.92 Å². The van der Waals surface area contributed by atoms with Crippen LogP contribution in [-0.2, 0) is 6.18 Å². The molecular formula is C10H16F3N3S. The second-order valence-corrected chi connectivity index (χ2v) is 5.20. The maximum Gasteiger partial charge on any atom is 0.445 e. The summed E-state index contributed by atoms with van der Waals surface area (Å²) in [5.41, 5.74) is 0. The minimum atomic E-state index is -4.39. The molecule has 0 aliphatic heterocycles. The molecule has 1 N–H and O–H groups in total. The van der Waals surface area contributed by atoms with Gasteiger partial charge in [0.1, 0.15) is 0 Å². The zero-order valence-corrected chi connectivity index (χ0v) is 10.7. The van der Waals surface area contributed by atoms with Gasteiger partial charge in [0.25, 0.3) is 0 Å². The van der Waals surface area contributed by atoms with Crippen molar-refractivity contribution in [3.63, 3.8) is 0 Å². The van der Waals surface area contributed by atoms with Gasteiger partial charge in [-0.1, -0.05) is 38.0 Å². The Kier molecular flexibility index (Phi) is 5.17. The van der Waals surface area contributed by atoms with Crippen LogP contribution in [0.15, 0.2) is 0 Å². The fraction of sp³-hybridized carbons (Fsp3) is 0.800. The highest BCUT2D eigenvalue weighted by Gasteiger charge is 2.35. The van der Waals surface area contributed by atoms with Gasteiger partial charge in [-0.25, -0.2) is 0 Å². The van der Waals surface area contributed by atoms with E-state index in [2.05, 4.69) is 29.4 Å². The van der Waals surface area contributed by atoms with Gasteiger partial charge < -0.3 is 5.32 Å². The van der Waals surface area contributed by atoms with Crippen LogP contribution < -0.4 is 5.32 Å². The molecule has 3 nitrogen and oxygen atoms in total. The molecule has 0 aliphatic carbocycles. The predicted molar refractivity (Wildman–Crippen MR) is 62.1 cm³/mol. The maximum atomic E-state index is 12.2. The average molecular weight is 267 g/mol. The maximum absolute atomic E-state index is 12.2. The Labute approximate surface area is 102 Å². The van der Waals surface area contributed by atoms with E-state index in [9.17, 15) is 13.2 Å². The molecule has 0 radical (unpaired) electrons. The highest BCUT2D eigenvalue weighted by molar-refractivity contribution is 7.15. The molecule has 1 aromatic rings. The molecule has 7 heteroatoms. The normalized spacial score (nSPS) is 12.1. The zero-order chi connectivity index (χ0) is 12.9. The van der Waals surface area contributed by atoms with Crippen LogP contribution in [0.4, 0.5) is 18.3 Å². The lowest BCUT2D eigenvalue weighted by Crippen LogP contribution is -2.03. The molecule has 0 aromatic carbocycles. The minimum absolute atomic E-state index is 0.238. The number of nitrogens with zero attached hydrogens (tertiary/aromatic N) is 2. The lowest BCUT2D eigenvalue weighted by atomic mass is 10.1. The van der Waals surface area contributed by atoms with Crippen LogP contribution in [0.25, 0.3) is 0 Å². The van der Waals surface area contributed by atoms with Crippen LogP contribution in [0.5, 0.6) is 0 Å². The minimum Gasteiger partial charge on any atom is -0.360 e. The van der Waals surface area contributed by atoms with E-state index in [1.807, 2.05) is 0 Å². The molecule has 1 heterocycles. The SMILES string of the molecule is CC(C)CCCCNc1nnc(C(F)(F)F)s1. The van der Waals surface area contributed by atoms with Gasteiger partial charge in [-0.3, -0.25) is 0 Å². The van der Waals surface area contributed by atoms with Crippen molar-refractivity contribution in [2.24, 2.45) is 5.92 Å². The quantitative estimate of drug-likeness (QED) is 0.797. The van der Waals surface area contributed by atoms with Crippen molar-refractivity contribution < 1.29 is 13.2 Å². The number of rotatable bonds is 6. The van der Waals surface area contributed by atoms with Crippen molar-refractivity contribution in [1.82, 2.24) is 10.2 Å². The Morgan fingerprint density at radius 1 is 1.24 bits per heavy atom. The number of hydrogen-bond donors (Lipinski definition) is 1. The van der Waals surface area contributed by atoms with Crippen molar-refractivity contribution in [1.29, 1.82) is 0 Å². The Morgan fingerprint density at radius 3 is 2.47 bits per heavy atom. The van der Waals surface area contributed by atoms with Crippen LogP contribution in [-0.4, -0.2) is 16.7 Å². The number of nitrogens with one attached hydrogen (secondary N) is 1. The predicted octanol–water partition coefficient (Wildman–Crippen LogP) is 3.80. The molecule has 0 saturated heterocycles. The van der Waals surface area contributed by atoms with E-state index in [1.165, 1.54) is 0 Å². The largest absolute Gasteiger partial charge is 0.445 e. The molecule has 0 spiro atoms. The number of aromatic nitrogens is 2. The molecule has 0 unspecified atom stereocenters. The molecule has 1 rings (SSSR count). The van der Waals surface area contributed by atoms with Gasteiger partial charge >= 0.3 is 6.18 Å². The summed E-state index contributed by atoms with van der Waals surface area (Å²) in [5.74, 6) is 0.661. The first kappa shape index (κ1) is 14.2. The monoisotopic (exact) mass is 267 g/mol. The van der Waals surface area contributed by atoms with E-state index in [0.717, 1.165) is 19.3 Å². The third-order valence-corrected chi connectivity index (χ3v) is 3.08. The smallest absolute Gasteiger partial charge is 0.360 e. The number of halogens is 3. The van der Waals surface area contributed by atoms with Gasteiger partial charge in [-0.2, -0.15) is 13.2 Å². The van der Waals surface area contributed by atoms with Gasteiger partial charge in [-0.15, -0.1) is 10.2 Å². The Hall–Kier alpha value is -0.850. The summed E-state index contributed by atoms with van der Waals surface area (Å²) in [7, 11) is 0. The van der Waals surface area contributed by atoms with Crippen molar-refractivity contribution in [2.75, 3.05) is 11.9 Å². The number of anilines is 1. The van der Waals surface area contributed by atoms with Crippen LogP contribution >= 0.6 is 11.3 Å². The van der Waals surface area contributed by atoms with Gasteiger partial charge in [0.05, 0.1) is 0 Å². The molecule has 0 saturated carbocycles. The third-order valence-electron chi connectivity index (χ3n) is 2.15. The van der Waals surface area contributed by atoms with Crippen molar-refractivity contribution in [3.8, 4) is 0 Å². The number of alkyl halides is 3. The van der Waals surface area contributed by atoms with E-state index < -0.39 is 11.2 Å². The van der Waals surface area contributed by atoms with Crippen LogP contribution in [0.2, 0.25) is 0 Å². The van der Waals surface area contributed by atoms with Crippen molar-refractivity contribution in [3.05, 3.63) is 5.01 Å². The molecule has 1 aromatic heterocycles. The highest BCUT2D eigenvalue weighted by Crippen LogP contribution is 2.32. The van der Waals surface area contributed by atoms with Gasteiger partial charge in [0.15, 0.2) is 0 Å². The van der Waals surface area contributed by atoms with E-state index in [1.54, 1.807) is 0 Å². The van der Waals surface area contributed by atoms with E-state index in [4.69, 9.17) is 0 Å². The second kappa shape index (κ2) is 6.18. The fourth-order valence-corrected chi connectivity index (χ4v) is 1.92. The molecule has 98 valence electrons. The summed E-state index contributed by atoms with van der Waals surface area (Å²) >= 11 is 0.546. The van der Waals surface area contributed by atoms with Gasteiger partial charge in [0, 0.05) is 6.54 Å². The topological polar surface area (TPSA) is 37.8 Å². The first-order valence-electron chi connectivity index (χ1n) is 5.54. The summed E-state index contributed by atoms with van der Waals surface area (Å²) in [6.07, 6.45) is -1.27. The molecular weight excluding hydrogens is 251 g/mol. The zero-order valence-electron chi connectivity index (χ0n) is 9.84. The average Bonchev–Trinajstić information content (AvgIpc) is 2.64. The Balaban J connectivity index is 2.26. The lowest BCUT2D eigenvalue weighted by Gasteiger charge is -2.04. The first-order chi connectivity index (χ1) is 7.89. The summed E-state index contributed by atoms with van der Waals surface area (Å²) < 4.78 is 36.6. The Morgan fingerprint density at radius 2 is 1.94 bits per heavy atom. The summed E-state index contributed by atoms with van der Waals surface area (Å²) in [6, 6.07) is 0. The van der Waals surface area contributed by atoms with Crippen molar-refractivity contribution in [2.45, 2.75) is 39.3 Å². The van der Waals surface area contributed by atoms with E-state index >= 15 is 0 Å². The second-order valence-electron chi connectivity index (χ2n) is 4.23. The van der Waals surface area contributed by atoms with Crippen LogP contribution in [0.1, 0.15) is 38.1 Å². The third kappa shape index (κ3) is 5.34. The van der Waals surface area contributed by atoms with Gasteiger partial charge in [0.2, 0.25) is 10.1 Å². The molecule has 0 amide bonds.